The molecule has 1 aromatic carbocycles. The van der Waals surface area contributed by atoms with Crippen molar-refractivity contribution < 1.29 is 13.2 Å². The number of hydrogen-bond acceptors (Lipinski definition) is 1. The zero-order valence-electron chi connectivity index (χ0n) is 7.81. The van der Waals surface area contributed by atoms with Crippen molar-refractivity contribution in [2.75, 3.05) is 0 Å². The molecule has 0 unspecified atom stereocenters. The molecular formula is C10H12F3N. The van der Waals surface area contributed by atoms with E-state index in [2.05, 4.69) is 0 Å². The minimum atomic E-state index is -4.16. The van der Waals surface area contributed by atoms with Crippen molar-refractivity contribution in [3.8, 4) is 0 Å². The third kappa shape index (κ3) is 3.38. The molecule has 1 rings (SSSR count). The maximum absolute atomic E-state index is 12.0. The second kappa shape index (κ2) is 4.00. The van der Waals surface area contributed by atoms with Crippen LogP contribution in [0, 0.1) is 0 Å². The first-order valence-corrected chi connectivity index (χ1v) is 4.29. The molecular weight excluding hydrogens is 191 g/mol. The molecule has 1 nitrogen and oxygen atoms in total. The SMILES string of the molecule is C[C@@H](N)c1cccc(CC(F)(F)F)c1. The fraction of sp³-hybridized carbons (Fsp3) is 0.400. The molecule has 0 radical (unpaired) electrons. The predicted molar refractivity (Wildman–Crippen MR) is 48.8 cm³/mol. The molecule has 1 aromatic rings. The van der Waals surface area contributed by atoms with Crippen LogP contribution in [0.25, 0.3) is 0 Å². The Kier molecular flexibility index (Phi) is 3.16. The Morgan fingerprint density at radius 3 is 2.50 bits per heavy atom. The second-order valence-corrected chi connectivity index (χ2v) is 3.33. The van der Waals surface area contributed by atoms with E-state index in [4.69, 9.17) is 5.73 Å². The topological polar surface area (TPSA) is 26.0 Å². The molecule has 78 valence electrons. The van der Waals surface area contributed by atoms with Crippen molar-refractivity contribution in [2.45, 2.75) is 25.6 Å². The molecule has 14 heavy (non-hydrogen) atoms. The van der Waals surface area contributed by atoms with Gasteiger partial charge in [-0.05, 0) is 18.1 Å². The molecule has 0 aliphatic rings. The summed E-state index contributed by atoms with van der Waals surface area (Å²) in [6, 6.07) is 6.05. The fourth-order valence-electron chi connectivity index (χ4n) is 1.22. The average Bonchev–Trinajstić information content (AvgIpc) is 2.01. The lowest BCUT2D eigenvalue weighted by Gasteiger charge is -2.09. The first kappa shape index (κ1) is 11.0. The Morgan fingerprint density at radius 2 is 2.00 bits per heavy atom. The number of nitrogens with two attached hydrogens (primary N) is 1. The first-order valence-electron chi connectivity index (χ1n) is 4.29. The van der Waals surface area contributed by atoms with E-state index in [9.17, 15) is 13.2 Å². The lowest BCUT2D eigenvalue weighted by atomic mass is 10.0. The van der Waals surface area contributed by atoms with E-state index in [0.29, 0.717) is 0 Å². The lowest BCUT2D eigenvalue weighted by molar-refractivity contribution is -0.127. The first-order chi connectivity index (χ1) is 6.38. The van der Waals surface area contributed by atoms with Gasteiger partial charge in [0.15, 0.2) is 0 Å². The Morgan fingerprint density at radius 1 is 1.36 bits per heavy atom. The van der Waals surface area contributed by atoms with Gasteiger partial charge in [0.05, 0.1) is 6.42 Å². The van der Waals surface area contributed by atoms with Crippen LogP contribution in [0.5, 0.6) is 0 Å². The zero-order valence-corrected chi connectivity index (χ0v) is 7.81. The van der Waals surface area contributed by atoms with Gasteiger partial charge < -0.3 is 5.73 Å². The smallest absolute Gasteiger partial charge is 0.324 e. The van der Waals surface area contributed by atoms with Gasteiger partial charge >= 0.3 is 6.18 Å². The van der Waals surface area contributed by atoms with Crippen LogP contribution in [0.15, 0.2) is 24.3 Å². The molecule has 0 aliphatic heterocycles. The third-order valence-electron chi connectivity index (χ3n) is 1.88. The van der Waals surface area contributed by atoms with Gasteiger partial charge in [0.1, 0.15) is 0 Å². The predicted octanol–water partition coefficient (Wildman–Crippen LogP) is 2.81. The van der Waals surface area contributed by atoms with Gasteiger partial charge in [-0.15, -0.1) is 0 Å². The molecule has 2 N–H and O–H groups in total. The fourth-order valence-corrected chi connectivity index (χ4v) is 1.22. The maximum Gasteiger partial charge on any atom is 0.393 e. The highest BCUT2D eigenvalue weighted by molar-refractivity contribution is 5.26. The summed E-state index contributed by atoms with van der Waals surface area (Å²) in [4.78, 5) is 0. The number of rotatable bonds is 2. The largest absolute Gasteiger partial charge is 0.393 e. The molecule has 1 atom stereocenters. The molecule has 0 bridgehead atoms. The van der Waals surface area contributed by atoms with Crippen LogP contribution in [-0.2, 0) is 6.42 Å². The monoisotopic (exact) mass is 203 g/mol. The standard InChI is InChI=1S/C10H12F3N/c1-7(14)9-4-2-3-8(5-9)6-10(11,12)13/h2-5,7H,6,14H2,1H3/t7-/m1/s1. The van der Waals surface area contributed by atoms with E-state index < -0.39 is 12.6 Å². The van der Waals surface area contributed by atoms with Gasteiger partial charge in [-0.3, -0.25) is 0 Å². The number of halogens is 3. The summed E-state index contributed by atoms with van der Waals surface area (Å²) >= 11 is 0. The highest BCUT2D eigenvalue weighted by Gasteiger charge is 2.27. The molecule has 0 spiro atoms. The van der Waals surface area contributed by atoms with Crippen LogP contribution in [-0.4, -0.2) is 6.18 Å². The highest BCUT2D eigenvalue weighted by atomic mass is 19.4. The van der Waals surface area contributed by atoms with Gasteiger partial charge in [-0.2, -0.15) is 13.2 Å². The third-order valence-corrected chi connectivity index (χ3v) is 1.88. The summed E-state index contributed by atoms with van der Waals surface area (Å²) in [5.74, 6) is 0. The van der Waals surface area contributed by atoms with Gasteiger partial charge in [-0.25, -0.2) is 0 Å². The normalized spacial score (nSPS) is 14.1. The molecule has 0 saturated carbocycles. The zero-order chi connectivity index (χ0) is 10.8. The van der Waals surface area contributed by atoms with E-state index in [1.807, 2.05) is 0 Å². The Hall–Kier alpha value is -1.03. The Bertz CT molecular complexity index is 304. The summed E-state index contributed by atoms with van der Waals surface area (Å²) in [5, 5.41) is 0. The summed E-state index contributed by atoms with van der Waals surface area (Å²) < 4.78 is 36.1. The summed E-state index contributed by atoms with van der Waals surface area (Å²) in [6.07, 6.45) is -5.05. The summed E-state index contributed by atoms with van der Waals surface area (Å²) in [7, 11) is 0. The minimum absolute atomic E-state index is 0.233. The quantitative estimate of drug-likeness (QED) is 0.785. The molecule has 0 saturated heterocycles. The van der Waals surface area contributed by atoms with Crippen molar-refractivity contribution in [2.24, 2.45) is 5.73 Å². The van der Waals surface area contributed by atoms with E-state index in [1.54, 1.807) is 19.1 Å². The number of benzene rings is 1. The highest BCUT2D eigenvalue weighted by Crippen LogP contribution is 2.22. The Balaban J connectivity index is 2.84. The maximum atomic E-state index is 12.0. The van der Waals surface area contributed by atoms with Crippen LogP contribution in [0.3, 0.4) is 0 Å². The van der Waals surface area contributed by atoms with Crippen molar-refractivity contribution in [3.05, 3.63) is 35.4 Å². The summed E-state index contributed by atoms with van der Waals surface area (Å²) in [6.45, 7) is 1.74. The minimum Gasteiger partial charge on any atom is -0.324 e. The second-order valence-electron chi connectivity index (χ2n) is 3.33. The van der Waals surface area contributed by atoms with Crippen molar-refractivity contribution in [1.29, 1.82) is 0 Å². The molecule has 4 heteroatoms. The van der Waals surface area contributed by atoms with E-state index in [-0.39, 0.29) is 11.6 Å². The van der Waals surface area contributed by atoms with E-state index in [0.717, 1.165) is 5.56 Å². The summed E-state index contributed by atoms with van der Waals surface area (Å²) in [5.41, 5.74) is 6.55. The van der Waals surface area contributed by atoms with Crippen LogP contribution >= 0.6 is 0 Å². The van der Waals surface area contributed by atoms with Gasteiger partial charge in [0.2, 0.25) is 0 Å². The van der Waals surface area contributed by atoms with Crippen LogP contribution in [0.4, 0.5) is 13.2 Å². The van der Waals surface area contributed by atoms with Crippen molar-refractivity contribution in [1.82, 2.24) is 0 Å². The van der Waals surface area contributed by atoms with Gasteiger partial charge in [-0.1, -0.05) is 24.3 Å². The molecule has 0 amide bonds. The van der Waals surface area contributed by atoms with Crippen molar-refractivity contribution in [3.63, 3.8) is 0 Å². The molecule has 0 heterocycles. The molecule has 0 fully saturated rings. The lowest BCUT2D eigenvalue weighted by Crippen LogP contribution is -2.12. The number of hydrogen-bond donors (Lipinski definition) is 1. The van der Waals surface area contributed by atoms with Crippen LogP contribution in [0.2, 0.25) is 0 Å². The van der Waals surface area contributed by atoms with Gasteiger partial charge in [0.25, 0.3) is 0 Å². The van der Waals surface area contributed by atoms with Crippen LogP contribution in [0.1, 0.15) is 24.1 Å². The van der Waals surface area contributed by atoms with Crippen LogP contribution < -0.4 is 5.73 Å². The molecule has 0 aromatic heterocycles. The Labute approximate surface area is 80.7 Å². The van der Waals surface area contributed by atoms with Crippen molar-refractivity contribution >= 4 is 0 Å². The van der Waals surface area contributed by atoms with Gasteiger partial charge in [0, 0.05) is 6.04 Å². The average molecular weight is 203 g/mol. The van der Waals surface area contributed by atoms with E-state index >= 15 is 0 Å². The van der Waals surface area contributed by atoms with E-state index in [1.165, 1.54) is 12.1 Å². The number of alkyl halides is 3. The molecule has 0 aliphatic carbocycles.